The van der Waals surface area contributed by atoms with Gasteiger partial charge in [0.15, 0.2) is 0 Å². The molecule has 0 fully saturated rings. The zero-order valence-corrected chi connectivity index (χ0v) is 6.36. The summed E-state index contributed by atoms with van der Waals surface area (Å²) < 4.78 is 0. The van der Waals surface area contributed by atoms with E-state index in [9.17, 15) is 0 Å². The molecule has 1 heteroatoms. The summed E-state index contributed by atoms with van der Waals surface area (Å²) in [4.78, 5) is 0. The topological polar surface area (TPSA) is 0 Å². The van der Waals surface area contributed by atoms with E-state index in [1.807, 2.05) is 0 Å². The van der Waals surface area contributed by atoms with Gasteiger partial charge in [-0.25, -0.2) is 0 Å². The van der Waals surface area contributed by atoms with Crippen molar-refractivity contribution >= 4 is 7.85 Å². The van der Waals surface area contributed by atoms with Crippen molar-refractivity contribution in [2.24, 2.45) is 5.92 Å². The lowest BCUT2D eigenvalue weighted by Crippen LogP contribution is -2.13. The minimum atomic E-state index is 0.0417. The van der Waals surface area contributed by atoms with Crippen LogP contribution in [0.25, 0.3) is 0 Å². The van der Waals surface area contributed by atoms with Crippen molar-refractivity contribution in [2.45, 2.75) is 39.4 Å². The standard InChI is InChI=1S/C7H15B/c1-5-7(4,8)6(2)3/h6H,5H2,1-4H3. The highest BCUT2D eigenvalue weighted by molar-refractivity contribution is 6.15. The summed E-state index contributed by atoms with van der Waals surface area (Å²) >= 11 is 0. The molecule has 0 spiro atoms. The van der Waals surface area contributed by atoms with Crippen LogP contribution in [0.2, 0.25) is 5.31 Å². The highest BCUT2D eigenvalue weighted by Crippen LogP contribution is 2.33. The second-order valence-electron chi connectivity index (χ2n) is 3.01. The minimum Gasteiger partial charge on any atom is -0.0674 e. The zero-order valence-electron chi connectivity index (χ0n) is 6.36. The molecule has 0 bridgehead atoms. The Labute approximate surface area is 54.1 Å². The molecule has 1 unspecified atom stereocenters. The highest BCUT2D eigenvalue weighted by Gasteiger charge is 2.18. The molecule has 0 aromatic rings. The molecule has 0 aromatic carbocycles. The molecule has 0 saturated heterocycles. The predicted octanol–water partition coefficient (Wildman–Crippen LogP) is 2.40. The van der Waals surface area contributed by atoms with E-state index in [4.69, 9.17) is 7.85 Å². The molecular formula is C7H15B. The fourth-order valence-electron chi connectivity index (χ4n) is 0.408. The van der Waals surface area contributed by atoms with Gasteiger partial charge in [0.25, 0.3) is 0 Å². The molecule has 0 amide bonds. The van der Waals surface area contributed by atoms with Crippen molar-refractivity contribution < 1.29 is 0 Å². The average Bonchev–Trinajstić information content (AvgIpc) is 1.67. The third-order valence-corrected chi connectivity index (χ3v) is 2.08. The molecule has 2 radical (unpaired) electrons. The van der Waals surface area contributed by atoms with Crippen LogP contribution in [-0.4, -0.2) is 7.85 Å². The summed E-state index contributed by atoms with van der Waals surface area (Å²) in [6.07, 6.45) is 1.06. The summed E-state index contributed by atoms with van der Waals surface area (Å²) in [5.74, 6) is 0.590. The number of hydrogen-bond donors (Lipinski definition) is 0. The van der Waals surface area contributed by atoms with E-state index >= 15 is 0 Å². The molecule has 0 saturated carbocycles. The van der Waals surface area contributed by atoms with Gasteiger partial charge in [0, 0.05) is 0 Å². The SMILES string of the molecule is [B]C(C)(CC)C(C)C. The monoisotopic (exact) mass is 110 g/mol. The molecule has 8 heavy (non-hydrogen) atoms. The predicted molar refractivity (Wildman–Crippen MR) is 39.2 cm³/mol. The second kappa shape index (κ2) is 2.57. The van der Waals surface area contributed by atoms with Crippen molar-refractivity contribution in [1.29, 1.82) is 0 Å². The Hall–Kier alpha value is 0.0649. The summed E-state index contributed by atoms with van der Waals surface area (Å²) in [7, 11) is 5.86. The Morgan fingerprint density at radius 3 is 1.88 bits per heavy atom. The van der Waals surface area contributed by atoms with Gasteiger partial charge in [0.05, 0.1) is 7.85 Å². The first-order valence-corrected chi connectivity index (χ1v) is 3.29. The highest BCUT2D eigenvalue weighted by atomic mass is 14.2. The first-order valence-electron chi connectivity index (χ1n) is 3.29. The Morgan fingerprint density at radius 2 is 1.88 bits per heavy atom. The van der Waals surface area contributed by atoms with Crippen LogP contribution in [0.1, 0.15) is 34.1 Å². The van der Waals surface area contributed by atoms with E-state index in [2.05, 4.69) is 27.7 Å². The summed E-state index contributed by atoms with van der Waals surface area (Å²) in [6, 6.07) is 0. The quantitative estimate of drug-likeness (QED) is 0.478. The fourth-order valence-corrected chi connectivity index (χ4v) is 0.408. The van der Waals surface area contributed by atoms with Crippen molar-refractivity contribution in [3.63, 3.8) is 0 Å². The molecule has 0 aliphatic heterocycles. The van der Waals surface area contributed by atoms with Gasteiger partial charge in [-0.2, -0.15) is 0 Å². The zero-order chi connectivity index (χ0) is 6.78. The van der Waals surface area contributed by atoms with Crippen LogP contribution < -0.4 is 0 Å². The van der Waals surface area contributed by atoms with Crippen molar-refractivity contribution in [3.8, 4) is 0 Å². The minimum absolute atomic E-state index is 0.0417. The molecule has 46 valence electrons. The average molecular weight is 110 g/mol. The Kier molecular flexibility index (Phi) is 2.59. The summed E-state index contributed by atoms with van der Waals surface area (Å²) in [5.41, 5.74) is 0. The van der Waals surface area contributed by atoms with Gasteiger partial charge in [0.2, 0.25) is 0 Å². The molecule has 0 aliphatic rings. The van der Waals surface area contributed by atoms with Crippen LogP contribution in [0, 0.1) is 5.92 Å². The lowest BCUT2D eigenvalue weighted by molar-refractivity contribution is 0.431. The summed E-state index contributed by atoms with van der Waals surface area (Å²) in [5, 5.41) is 0.0417. The molecule has 0 aliphatic carbocycles. The second-order valence-corrected chi connectivity index (χ2v) is 3.01. The largest absolute Gasteiger partial charge is 0.0745 e. The molecule has 0 aromatic heterocycles. The normalized spacial score (nSPS) is 18.6. The van der Waals surface area contributed by atoms with Crippen molar-refractivity contribution in [2.75, 3.05) is 0 Å². The first-order chi connectivity index (χ1) is 3.50. The molecule has 0 N–H and O–H groups in total. The smallest absolute Gasteiger partial charge is 0.0674 e. The summed E-state index contributed by atoms with van der Waals surface area (Å²) in [6.45, 7) is 8.53. The van der Waals surface area contributed by atoms with Gasteiger partial charge < -0.3 is 0 Å². The van der Waals surface area contributed by atoms with Gasteiger partial charge in [-0.15, -0.1) is 0 Å². The van der Waals surface area contributed by atoms with Crippen molar-refractivity contribution in [1.82, 2.24) is 0 Å². The molecule has 0 rings (SSSR count). The van der Waals surface area contributed by atoms with E-state index in [0.717, 1.165) is 6.42 Å². The molecule has 0 heterocycles. The number of rotatable bonds is 2. The maximum atomic E-state index is 5.86. The van der Waals surface area contributed by atoms with Gasteiger partial charge in [-0.1, -0.05) is 39.4 Å². The van der Waals surface area contributed by atoms with Crippen LogP contribution >= 0.6 is 0 Å². The maximum absolute atomic E-state index is 5.86. The van der Waals surface area contributed by atoms with Crippen LogP contribution in [0.4, 0.5) is 0 Å². The molecule has 1 atom stereocenters. The van der Waals surface area contributed by atoms with E-state index in [-0.39, 0.29) is 5.31 Å². The van der Waals surface area contributed by atoms with Crippen LogP contribution in [-0.2, 0) is 0 Å². The third-order valence-electron chi connectivity index (χ3n) is 2.08. The van der Waals surface area contributed by atoms with Gasteiger partial charge in [0.1, 0.15) is 0 Å². The first kappa shape index (κ1) is 8.06. The van der Waals surface area contributed by atoms with Crippen LogP contribution in [0.15, 0.2) is 0 Å². The lowest BCUT2D eigenvalue weighted by Gasteiger charge is -2.27. The Balaban J connectivity index is 3.71. The van der Waals surface area contributed by atoms with Crippen LogP contribution in [0.5, 0.6) is 0 Å². The molecule has 0 nitrogen and oxygen atoms in total. The lowest BCUT2D eigenvalue weighted by atomic mass is 9.62. The number of hydrogen-bond acceptors (Lipinski definition) is 0. The Bertz CT molecular complexity index is 64.8. The van der Waals surface area contributed by atoms with Gasteiger partial charge in [-0.3, -0.25) is 0 Å². The van der Waals surface area contributed by atoms with E-state index in [0.29, 0.717) is 5.92 Å². The van der Waals surface area contributed by atoms with Gasteiger partial charge >= 0.3 is 0 Å². The van der Waals surface area contributed by atoms with Crippen LogP contribution in [0.3, 0.4) is 0 Å². The Morgan fingerprint density at radius 1 is 1.50 bits per heavy atom. The van der Waals surface area contributed by atoms with Crippen molar-refractivity contribution in [3.05, 3.63) is 0 Å². The maximum Gasteiger partial charge on any atom is 0.0745 e. The third kappa shape index (κ3) is 1.89. The van der Waals surface area contributed by atoms with E-state index < -0.39 is 0 Å². The fraction of sp³-hybridized carbons (Fsp3) is 1.00. The van der Waals surface area contributed by atoms with E-state index in [1.165, 1.54) is 0 Å². The van der Waals surface area contributed by atoms with E-state index in [1.54, 1.807) is 0 Å². The van der Waals surface area contributed by atoms with Gasteiger partial charge in [-0.05, 0) is 5.92 Å². The molecular weight excluding hydrogens is 94.9 g/mol.